The number of allylic oxidation sites excluding steroid dienone is 11. The van der Waals surface area contributed by atoms with Crippen molar-refractivity contribution in [1.29, 1.82) is 0 Å². The molecule has 2 fully saturated rings. The third kappa shape index (κ3) is 31.0. The Morgan fingerprint density at radius 2 is 0.915 bits per heavy atom. The van der Waals surface area contributed by atoms with Crippen LogP contribution in [0.4, 0.5) is 0 Å². The van der Waals surface area contributed by atoms with E-state index in [9.17, 15) is 40.5 Å². The Hall–Kier alpha value is -2.57. The molecule has 2 aliphatic heterocycles. The maximum Gasteiger partial charge on any atom is 0.310 e. The Morgan fingerprint density at radius 1 is 0.479 bits per heavy atom. The third-order valence-electron chi connectivity index (χ3n) is 12.7. The second-order valence-electron chi connectivity index (χ2n) is 19.0. The molecule has 14 nitrogen and oxygen atoms in total. The molecule has 7 N–H and O–H groups in total. The van der Waals surface area contributed by atoms with Crippen molar-refractivity contribution in [1.82, 2.24) is 0 Å². The van der Waals surface area contributed by atoms with Crippen LogP contribution in [0.5, 0.6) is 0 Å². The molecule has 0 aliphatic carbocycles. The van der Waals surface area contributed by atoms with E-state index in [1.54, 1.807) is 6.08 Å². The summed E-state index contributed by atoms with van der Waals surface area (Å²) in [5.74, 6) is -0.504. The van der Waals surface area contributed by atoms with Gasteiger partial charge < -0.3 is 64.2 Å². The predicted octanol–water partition coefficient (Wildman–Crippen LogP) is 9.08. The minimum Gasteiger partial charge on any atom is -0.457 e. The number of carbonyl (C=O) groups excluding carboxylic acids is 1. The zero-order valence-electron chi connectivity index (χ0n) is 43.7. The summed E-state index contributed by atoms with van der Waals surface area (Å²) in [6.45, 7) is 3.44. The summed E-state index contributed by atoms with van der Waals surface area (Å²) in [6.07, 6.45) is 38.6. The summed E-state index contributed by atoms with van der Waals surface area (Å²) < 4.78 is 34.2. The largest absolute Gasteiger partial charge is 0.457 e. The van der Waals surface area contributed by atoms with Crippen molar-refractivity contribution in [2.75, 3.05) is 33.0 Å². The first kappa shape index (κ1) is 64.5. The van der Waals surface area contributed by atoms with Crippen LogP contribution in [0.15, 0.2) is 72.9 Å². The highest BCUT2D eigenvalue weighted by Crippen LogP contribution is 2.26. The van der Waals surface area contributed by atoms with E-state index in [0.717, 1.165) is 44.9 Å². The molecule has 0 amide bonds. The number of esters is 1. The number of unbranched alkanes of at least 4 members (excludes halogenated alkanes) is 18. The second-order valence-corrected chi connectivity index (χ2v) is 19.0. The fraction of sp³-hybridized carbons (Fsp3) is 0.772. The van der Waals surface area contributed by atoms with Crippen LogP contribution < -0.4 is 0 Å². The Bertz CT molecular complexity index is 1450. The van der Waals surface area contributed by atoms with E-state index < -0.39 is 86.7 Å². The maximum absolute atomic E-state index is 13.0. The molecule has 2 rings (SSSR count). The molecule has 0 aromatic heterocycles. The van der Waals surface area contributed by atoms with E-state index in [1.165, 1.54) is 109 Å². The number of hydrogen-bond acceptors (Lipinski definition) is 14. The van der Waals surface area contributed by atoms with Crippen LogP contribution in [0.1, 0.15) is 181 Å². The van der Waals surface area contributed by atoms with Gasteiger partial charge >= 0.3 is 5.97 Å². The molecule has 71 heavy (non-hydrogen) atoms. The lowest BCUT2D eigenvalue weighted by Crippen LogP contribution is -2.61. The van der Waals surface area contributed by atoms with E-state index in [4.69, 9.17) is 28.4 Å². The van der Waals surface area contributed by atoms with Gasteiger partial charge in [-0.25, -0.2) is 0 Å². The summed E-state index contributed by atoms with van der Waals surface area (Å²) in [7, 11) is 0. The van der Waals surface area contributed by atoms with Gasteiger partial charge in [0.25, 0.3) is 0 Å². The van der Waals surface area contributed by atoms with E-state index in [-0.39, 0.29) is 19.6 Å². The maximum atomic E-state index is 13.0. The van der Waals surface area contributed by atoms with Crippen LogP contribution in [-0.4, -0.2) is 142 Å². The van der Waals surface area contributed by atoms with Crippen molar-refractivity contribution in [2.24, 2.45) is 0 Å². The molecule has 410 valence electrons. The number of rotatable bonds is 43. The van der Waals surface area contributed by atoms with Crippen molar-refractivity contribution in [3.05, 3.63) is 72.9 Å². The van der Waals surface area contributed by atoms with E-state index in [1.807, 2.05) is 12.2 Å². The lowest BCUT2D eigenvalue weighted by molar-refractivity contribution is -0.332. The highest BCUT2D eigenvalue weighted by molar-refractivity contribution is 5.71. The molecule has 2 heterocycles. The molecular weight excluding hydrogens is 909 g/mol. The van der Waals surface area contributed by atoms with Gasteiger partial charge in [-0.3, -0.25) is 4.79 Å². The molecule has 0 saturated carbocycles. The Morgan fingerprint density at radius 3 is 1.42 bits per heavy atom. The quantitative estimate of drug-likeness (QED) is 0.0173. The molecule has 11 atom stereocenters. The zero-order chi connectivity index (χ0) is 51.6. The molecule has 0 bridgehead atoms. The van der Waals surface area contributed by atoms with Gasteiger partial charge in [0, 0.05) is 6.61 Å². The number of hydrogen-bond donors (Lipinski definition) is 7. The van der Waals surface area contributed by atoms with Crippen LogP contribution in [-0.2, 0) is 33.2 Å². The molecule has 2 aliphatic rings. The smallest absolute Gasteiger partial charge is 0.310 e. The van der Waals surface area contributed by atoms with E-state index in [2.05, 4.69) is 68.5 Å². The highest BCUT2D eigenvalue weighted by Gasteiger charge is 2.47. The molecular formula is C57H98O14. The molecule has 2 saturated heterocycles. The van der Waals surface area contributed by atoms with Gasteiger partial charge in [-0.2, -0.15) is 0 Å². The van der Waals surface area contributed by atoms with Crippen LogP contribution in [0.2, 0.25) is 0 Å². The van der Waals surface area contributed by atoms with E-state index >= 15 is 0 Å². The minimum atomic E-state index is -1.73. The zero-order valence-corrected chi connectivity index (χ0v) is 43.7. The summed E-state index contributed by atoms with van der Waals surface area (Å²) in [4.78, 5) is 13.0. The third-order valence-corrected chi connectivity index (χ3v) is 12.7. The van der Waals surface area contributed by atoms with Crippen LogP contribution in [0.25, 0.3) is 0 Å². The SMILES string of the molecule is CC/C=C\C/C=C\C/C=C\C/C=C\C/C=C\CC(=O)OC(COCCCCCCCCCCCC/C=C\CCCCCCCCCC)COC1OC(COC2OC(CO)C(O)C(O)C2O)C(O)C(O)C1O. The lowest BCUT2D eigenvalue weighted by atomic mass is 9.98. The average Bonchev–Trinajstić information content (AvgIpc) is 3.37. The summed E-state index contributed by atoms with van der Waals surface area (Å²) >= 11 is 0. The lowest BCUT2D eigenvalue weighted by Gasteiger charge is -2.42. The summed E-state index contributed by atoms with van der Waals surface area (Å²) in [6, 6.07) is 0. The molecule has 14 heteroatoms. The van der Waals surface area contributed by atoms with Crippen LogP contribution in [0.3, 0.4) is 0 Å². The Labute approximate surface area is 427 Å². The normalized spacial score (nSPS) is 25.9. The summed E-state index contributed by atoms with van der Waals surface area (Å²) in [5.41, 5.74) is 0. The number of ether oxygens (including phenoxy) is 6. The van der Waals surface area contributed by atoms with Gasteiger partial charge in [-0.15, -0.1) is 0 Å². The molecule has 11 unspecified atom stereocenters. The van der Waals surface area contributed by atoms with Gasteiger partial charge in [0.05, 0.1) is 32.8 Å². The van der Waals surface area contributed by atoms with Gasteiger partial charge in [0.2, 0.25) is 0 Å². The minimum absolute atomic E-state index is 0.0180. The fourth-order valence-corrected chi connectivity index (χ4v) is 8.30. The van der Waals surface area contributed by atoms with Gasteiger partial charge in [0.1, 0.15) is 54.9 Å². The predicted molar refractivity (Wildman–Crippen MR) is 279 cm³/mol. The van der Waals surface area contributed by atoms with Gasteiger partial charge in [-0.05, 0) is 64.2 Å². The Balaban J connectivity index is 1.75. The molecule has 0 radical (unpaired) electrons. The monoisotopic (exact) mass is 1010 g/mol. The van der Waals surface area contributed by atoms with Gasteiger partial charge in [0.15, 0.2) is 12.6 Å². The second kappa shape index (κ2) is 43.8. The number of aliphatic hydroxyl groups excluding tert-OH is 7. The van der Waals surface area contributed by atoms with Crippen LogP contribution >= 0.6 is 0 Å². The Kier molecular flexibility index (Phi) is 39.8. The first-order chi connectivity index (χ1) is 34.6. The molecule has 0 spiro atoms. The van der Waals surface area contributed by atoms with Crippen molar-refractivity contribution in [3.8, 4) is 0 Å². The van der Waals surface area contributed by atoms with Crippen molar-refractivity contribution in [3.63, 3.8) is 0 Å². The van der Waals surface area contributed by atoms with Crippen molar-refractivity contribution >= 4 is 5.97 Å². The van der Waals surface area contributed by atoms with Crippen molar-refractivity contribution in [2.45, 2.75) is 248 Å². The first-order valence-corrected chi connectivity index (χ1v) is 27.5. The topological polar surface area (TPSA) is 214 Å². The standard InChI is InChI=1S/C57H98O14/c1-3-5-7-9-11-13-15-17-19-20-21-22-23-24-25-27-29-31-33-35-37-39-41-66-43-46(69-49(59)40-38-36-34-32-30-28-26-18-16-14-12-10-8-6-4-2)44-67-56-55(65)53(63)51(61)48(71-56)45-68-57-54(64)52(62)50(60)47(42-58)70-57/h6,8,12,14,18,20-21,26,30,32,36,38,46-48,50-58,60-65H,3-5,7,9-11,13,15-17,19,22-25,27-29,31,33-35,37,39-45H2,1-2H3/b8-6-,14-12-,21-20-,26-18-,32-30-,38-36-. The average molecular weight is 1010 g/mol. The molecule has 0 aromatic carbocycles. The fourth-order valence-electron chi connectivity index (χ4n) is 8.30. The van der Waals surface area contributed by atoms with Crippen molar-refractivity contribution < 1.29 is 69.0 Å². The van der Waals surface area contributed by atoms with Gasteiger partial charge in [-0.1, -0.05) is 183 Å². The number of carbonyl (C=O) groups is 1. The van der Waals surface area contributed by atoms with E-state index in [0.29, 0.717) is 13.0 Å². The summed E-state index contributed by atoms with van der Waals surface area (Å²) in [5, 5.41) is 72.2. The highest BCUT2D eigenvalue weighted by atomic mass is 16.7. The van der Waals surface area contributed by atoms with Crippen LogP contribution in [0, 0.1) is 0 Å². The number of aliphatic hydroxyl groups is 7. The first-order valence-electron chi connectivity index (χ1n) is 27.5. The molecule has 0 aromatic rings.